The number of fused-ring (bicyclic) bond motifs is 3. The highest BCUT2D eigenvalue weighted by Gasteiger charge is 2.53. The molecule has 1 aliphatic heterocycles. The third-order valence-corrected chi connectivity index (χ3v) is 9.32. The highest BCUT2D eigenvalue weighted by molar-refractivity contribution is 7.93. The lowest BCUT2D eigenvalue weighted by atomic mass is 9.80. The van der Waals surface area contributed by atoms with Gasteiger partial charge in [0, 0.05) is 6.07 Å². The van der Waals surface area contributed by atoms with Gasteiger partial charge in [0.05, 0.1) is 40.2 Å². The number of aromatic nitrogens is 2. The van der Waals surface area contributed by atoms with Crippen LogP contribution in [0.1, 0.15) is 57.9 Å². The monoisotopic (exact) mass is 530 g/mol. The zero-order chi connectivity index (χ0) is 25.2. The Morgan fingerprint density at radius 1 is 1.25 bits per heavy atom. The van der Waals surface area contributed by atoms with E-state index in [-0.39, 0.29) is 17.0 Å². The summed E-state index contributed by atoms with van der Waals surface area (Å²) in [7, 11) is -3.51. The summed E-state index contributed by atoms with van der Waals surface area (Å²) >= 11 is 6.49. The van der Waals surface area contributed by atoms with E-state index in [2.05, 4.69) is 14.9 Å². The molecule has 2 aromatic heterocycles. The molecular formula is C25H27ClN4O5S. The summed E-state index contributed by atoms with van der Waals surface area (Å²) in [6.07, 6.45) is 6.18. The van der Waals surface area contributed by atoms with Crippen molar-refractivity contribution in [3.05, 3.63) is 35.0 Å². The molecular weight excluding hydrogens is 504 g/mol. The molecule has 0 unspecified atom stereocenters. The Balaban J connectivity index is 1.43. The third-order valence-electron chi connectivity index (χ3n) is 7.22. The van der Waals surface area contributed by atoms with Gasteiger partial charge in [0.2, 0.25) is 21.8 Å². The number of carbonyl (C=O) groups is 1. The number of anilines is 3. The molecule has 0 saturated heterocycles. The van der Waals surface area contributed by atoms with E-state index >= 15 is 0 Å². The van der Waals surface area contributed by atoms with Crippen molar-refractivity contribution in [2.75, 3.05) is 16.2 Å². The number of hydrogen-bond donors (Lipinski definition) is 1. The van der Waals surface area contributed by atoms with Crippen molar-refractivity contribution < 1.29 is 22.5 Å². The quantitative estimate of drug-likeness (QED) is 0.440. The number of ether oxygens (including phenoxy) is 1. The average Bonchev–Trinajstić information content (AvgIpc) is 3.41. The Hall–Kier alpha value is -2.85. The molecule has 36 heavy (non-hydrogen) atoms. The molecule has 11 heteroatoms. The third kappa shape index (κ3) is 3.73. The second kappa shape index (κ2) is 8.34. The van der Waals surface area contributed by atoms with Crippen molar-refractivity contribution in [1.29, 1.82) is 0 Å². The lowest BCUT2D eigenvalue weighted by Gasteiger charge is -2.23. The van der Waals surface area contributed by atoms with Crippen LogP contribution in [0.3, 0.4) is 0 Å². The SMILES string of the molecule is CC(C)COc1ncc(N2C(=O)C3(CCCC3)c3cc4c(NS(=O)(=O)C5CC5)noc4cc32)cc1Cl. The molecule has 1 N–H and O–H groups in total. The highest BCUT2D eigenvalue weighted by Crippen LogP contribution is 2.55. The molecule has 2 saturated carbocycles. The Morgan fingerprint density at radius 3 is 2.67 bits per heavy atom. The first kappa shape index (κ1) is 23.5. The normalized spacial score (nSPS) is 19.0. The minimum Gasteiger partial charge on any atom is -0.476 e. The van der Waals surface area contributed by atoms with Gasteiger partial charge in [-0.3, -0.25) is 14.4 Å². The number of carbonyl (C=O) groups excluding carboxylic acids is 1. The first-order valence-corrected chi connectivity index (χ1v) is 14.2. The molecule has 6 rings (SSSR count). The maximum absolute atomic E-state index is 14.0. The van der Waals surface area contributed by atoms with Crippen LogP contribution in [0.4, 0.5) is 17.2 Å². The van der Waals surface area contributed by atoms with E-state index in [0.29, 0.717) is 71.5 Å². The number of nitrogens with one attached hydrogen (secondary N) is 1. The molecule has 190 valence electrons. The van der Waals surface area contributed by atoms with Gasteiger partial charge in [-0.1, -0.05) is 43.4 Å². The molecule has 1 aromatic carbocycles. The van der Waals surface area contributed by atoms with Crippen molar-refractivity contribution in [3.8, 4) is 5.88 Å². The van der Waals surface area contributed by atoms with Gasteiger partial charge in [-0.2, -0.15) is 0 Å². The molecule has 3 heterocycles. The number of nitrogens with zero attached hydrogens (tertiary/aromatic N) is 3. The van der Waals surface area contributed by atoms with Crippen LogP contribution in [0.2, 0.25) is 5.02 Å². The number of sulfonamides is 1. The summed E-state index contributed by atoms with van der Waals surface area (Å²) in [6, 6.07) is 5.32. The second-order valence-electron chi connectivity index (χ2n) is 10.4. The van der Waals surface area contributed by atoms with Crippen molar-refractivity contribution in [2.45, 2.75) is 63.0 Å². The van der Waals surface area contributed by atoms with Gasteiger partial charge < -0.3 is 9.26 Å². The fraction of sp³-hybridized carbons (Fsp3) is 0.480. The summed E-state index contributed by atoms with van der Waals surface area (Å²) < 4.78 is 38.9. The van der Waals surface area contributed by atoms with E-state index in [1.807, 2.05) is 19.9 Å². The maximum Gasteiger partial charge on any atom is 0.242 e. The van der Waals surface area contributed by atoms with Crippen LogP contribution < -0.4 is 14.4 Å². The van der Waals surface area contributed by atoms with E-state index < -0.39 is 15.4 Å². The zero-order valence-corrected chi connectivity index (χ0v) is 21.7. The molecule has 0 atom stereocenters. The van der Waals surface area contributed by atoms with Crippen LogP contribution in [-0.4, -0.2) is 36.3 Å². The van der Waals surface area contributed by atoms with E-state index in [1.54, 1.807) is 23.2 Å². The van der Waals surface area contributed by atoms with Crippen molar-refractivity contribution in [3.63, 3.8) is 0 Å². The Bertz CT molecular complexity index is 1480. The summed E-state index contributed by atoms with van der Waals surface area (Å²) in [5.41, 5.74) is 1.78. The van der Waals surface area contributed by atoms with E-state index in [9.17, 15) is 13.2 Å². The smallest absolute Gasteiger partial charge is 0.242 e. The molecule has 2 fully saturated rings. The first-order valence-electron chi connectivity index (χ1n) is 12.3. The van der Waals surface area contributed by atoms with Gasteiger partial charge in [-0.15, -0.1) is 0 Å². The van der Waals surface area contributed by atoms with Crippen LogP contribution in [0.5, 0.6) is 5.88 Å². The number of rotatable bonds is 7. The van der Waals surface area contributed by atoms with E-state index in [1.165, 1.54) is 0 Å². The topological polar surface area (TPSA) is 115 Å². The van der Waals surface area contributed by atoms with Crippen molar-refractivity contribution >= 4 is 55.7 Å². The Morgan fingerprint density at radius 2 is 2.00 bits per heavy atom. The molecule has 3 aromatic rings. The number of hydrogen-bond acceptors (Lipinski definition) is 7. The predicted molar refractivity (Wildman–Crippen MR) is 136 cm³/mol. The number of pyridine rings is 1. The van der Waals surface area contributed by atoms with Gasteiger partial charge in [-0.05, 0) is 49.3 Å². The maximum atomic E-state index is 14.0. The summed E-state index contributed by atoms with van der Waals surface area (Å²) in [4.78, 5) is 20.0. The predicted octanol–water partition coefficient (Wildman–Crippen LogP) is 5.31. The van der Waals surface area contributed by atoms with Crippen molar-refractivity contribution in [1.82, 2.24) is 10.1 Å². The van der Waals surface area contributed by atoms with E-state index in [0.717, 1.165) is 18.4 Å². The van der Waals surface area contributed by atoms with Gasteiger partial charge in [0.1, 0.15) is 5.02 Å². The summed E-state index contributed by atoms with van der Waals surface area (Å²) in [6.45, 7) is 4.56. The molecule has 0 radical (unpaired) electrons. The molecule has 1 amide bonds. The van der Waals surface area contributed by atoms with Gasteiger partial charge in [0.15, 0.2) is 11.4 Å². The largest absolute Gasteiger partial charge is 0.476 e. The minimum atomic E-state index is -3.51. The molecule has 0 bridgehead atoms. The lowest BCUT2D eigenvalue weighted by Crippen LogP contribution is -2.36. The number of amides is 1. The fourth-order valence-corrected chi connectivity index (χ4v) is 6.81. The number of halogens is 1. The molecule has 1 spiro atoms. The first-order chi connectivity index (χ1) is 17.2. The molecule has 9 nitrogen and oxygen atoms in total. The van der Waals surface area contributed by atoms with Crippen LogP contribution in [0, 0.1) is 5.92 Å². The Kier molecular flexibility index (Phi) is 5.46. The second-order valence-corrected chi connectivity index (χ2v) is 12.7. The molecule has 3 aliphatic rings. The number of benzene rings is 1. The van der Waals surface area contributed by atoms with Gasteiger partial charge >= 0.3 is 0 Å². The molecule has 2 aliphatic carbocycles. The minimum absolute atomic E-state index is 0.0376. The van der Waals surface area contributed by atoms with Crippen LogP contribution >= 0.6 is 11.6 Å². The van der Waals surface area contributed by atoms with Crippen molar-refractivity contribution in [2.24, 2.45) is 5.92 Å². The van der Waals surface area contributed by atoms with Crippen LogP contribution in [0.25, 0.3) is 11.0 Å². The summed E-state index contributed by atoms with van der Waals surface area (Å²) in [5.74, 6) is 0.772. The standard InChI is InChI=1S/C25H27ClN4O5S/c1-14(2)13-34-23-19(26)9-15(12-27-23)30-20-11-21-17(10-18(20)25(24(30)31)7-3-4-8-25)22(28-35-21)29-36(32,33)16-5-6-16/h9-12,14,16H,3-8,13H2,1-2H3,(H,28,29). The Labute approximate surface area is 214 Å². The van der Waals surface area contributed by atoms with E-state index in [4.69, 9.17) is 20.9 Å². The zero-order valence-electron chi connectivity index (χ0n) is 20.1. The lowest BCUT2D eigenvalue weighted by molar-refractivity contribution is -0.122. The van der Waals surface area contributed by atoms with Crippen LogP contribution in [-0.2, 0) is 20.2 Å². The average molecular weight is 531 g/mol. The van der Waals surface area contributed by atoms with Crippen LogP contribution in [0.15, 0.2) is 28.9 Å². The fourth-order valence-electron chi connectivity index (χ4n) is 5.26. The summed E-state index contributed by atoms with van der Waals surface area (Å²) in [5, 5.41) is 4.49. The van der Waals surface area contributed by atoms with Gasteiger partial charge in [0.25, 0.3) is 0 Å². The highest BCUT2D eigenvalue weighted by atomic mass is 35.5. The van der Waals surface area contributed by atoms with Gasteiger partial charge in [-0.25, -0.2) is 13.4 Å².